The summed E-state index contributed by atoms with van der Waals surface area (Å²) in [7, 11) is 0. The minimum atomic E-state index is -4.67. The Morgan fingerprint density at radius 3 is 1.83 bits per heavy atom. The standard InChI is InChI=1S/C21H21F3N2O3/c22-21(23,24)29-19-7-3-15(4-8-19)11-26-13-17-9-18(26)12-25(17)10-14-1-5-16(6-2-14)20(27)28/h1-8,17-18H,9-13H2,(H,27,28)/t17-,18-/m0/s1. The van der Waals surface area contributed by atoms with E-state index in [4.69, 9.17) is 5.11 Å². The predicted octanol–water partition coefficient (Wildman–Crippen LogP) is 3.74. The first-order valence-electron chi connectivity index (χ1n) is 9.42. The van der Waals surface area contributed by atoms with E-state index in [1.165, 1.54) is 12.1 Å². The molecule has 2 heterocycles. The molecule has 2 aromatic rings. The molecule has 0 aliphatic carbocycles. The second-order valence-corrected chi connectivity index (χ2v) is 7.60. The molecule has 0 spiro atoms. The topological polar surface area (TPSA) is 53.0 Å². The molecule has 0 radical (unpaired) electrons. The highest BCUT2D eigenvalue weighted by atomic mass is 19.4. The second kappa shape index (κ2) is 7.68. The molecule has 0 amide bonds. The third-order valence-electron chi connectivity index (χ3n) is 5.60. The van der Waals surface area contributed by atoms with Crippen molar-refractivity contribution < 1.29 is 27.8 Å². The number of alkyl halides is 3. The Bertz CT molecular complexity index is 868. The zero-order valence-corrected chi connectivity index (χ0v) is 15.6. The lowest BCUT2D eigenvalue weighted by Crippen LogP contribution is -2.45. The quantitative estimate of drug-likeness (QED) is 0.792. The van der Waals surface area contributed by atoms with Gasteiger partial charge in [0, 0.05) is 38.3 Å². The molecule has 5 nitrogen and oxygen atoms in total. The number of carboxylic acid groups (broad SMARTS) is 1. The average Bonchev–Trinajstić information content (AvgIpc) is 3.22. The van der Waals surface area contributed by atoms with Crippen LogP contribution in [-0.4, -0.2) is 52.4 Å². The molecule has 1 N–H and O–H groups in total. The monoisotopic (exact) mass is 406 g/mol. The molecule has 2 aliphatic rings. The molecule has 0 saturated carbocycles. The van der Waals surface area contributed by atoms with Crippen molar-refractivity contribution in [2.24, 2.45) is 0 Å². The van der Waals surface area contributed by atoms with Crippen molar-refractivity contribution in [3.05, 3.63) is 65.2 Å². The molecule has 29 heavy (non-hydrogen) atoms. The fourth-order valence-corrected chi connectivity index (χ4v) is 4.24. The summed E-state index contributed by atoms with van der Waals surface area (Å²) in [5.74, 6) is -1.13. The number of fused-ring (bicyclic) bond motifs is 2. The highest BCUT2D eigenvalue weighted by Crippen LogP contribution is 2.33. The van der Waals surface area contributed by atoms with E-state index in [-0.39, 0.29) is 11.3 Å². The summed E-state index contributed by atoms with van der Waals surface area (Å²) in [5, 5.41) is 8.99. The van der Waals surface area contributed by atoms with Gasteiger partial charge in [0.25, 0.3) is 0 Å². The van der Waals surface area contributed by atoms with Crippen LogP contribution in [-0.2, 0) is 13.1 Å². The number of nitrogens with zero attached hydrogens (tertiary/aromatic N) is 2. The molecule has 2 atom stereocenters. The van der Waals surface area contributed by atoms with E-state index in [2.05, 4.69) is 14.5 Å². The largest absolute Gasteiger partial charge is 0.573 e. The number of hydrogen-bond acceptors (Lipinski definition) is 4. The maximum atomic E-state index is 12.3. The SMILES string of the molecule is O=C(O)c1ccc(CN2C[C@@H]3C[C@H]2CN3Cc2ccc(OC(F)(F)F)cc2)cc1. The van der Waals surface area contributed by atoms with Crippen molar-refractivity contribution in [2.45, 2.75) is 38.0 Å². The molecule has 2 fully saturated rings. The molecule has 2 aliphatic heterocycles. The van der Waals surface area contributed by atoms with Crippen LogP contribution < -0.4 is 4.74 Å². The summed E-state index contributed by atoms with van der Waals surface area (Å²) in [6.07, 6.45) is -3.60. The molecule has 4 rings (SSSR count). The molecule has 8 heteroatoms. The van der Waals surface area contributed by atoms with Gasteiger partial charge in [-0.2, -0.15) is 0 Å². The fraction of sp³-hybridized carbons (Fsp3) is 0.381. The van der Waals surface area contributed by atoms with E-state index in [1.54, 1.807) is 24.3 Å². The van der Waals surface area contributed by atoms with E-state index in [1.807, 2.05) is 12.1 Å². The van der Waals surface area contributed by atoms with Crippen LogP contribution in [0.25, 0.3) is 0 Å². The van der Waals surface area contributed by atoms with Gasteiger partial charge >= 0.3 is 12.3 Å². The van der Waals surface area contributed by atoms with Crippen LogP contribution in [0.3, 0.4) is 0 Å². The molecular formula is C21H21F3N2O3. The van der Waals surface area contributed by atoms with E-state index in [0.717, 1.165) is 37.2 Å². The smallest absolute Gasteiger partial charge is 0.478 e. The average molecular weight is 406 g/mol. The van der Waals surface area contributed by atoms with Crippen molar-refractivity contribution in [3.63, 3.8) is 0 Å². The number of benzene rings is 2. The Morgan fingerprint density at radius 1 is 0.931 bits per heavy atom. The summed E-state index contributed by atoms with van der Waals surface area (Å²) >= 11 is 0. The summed E-state index contributed by atoms with van der Waals surface area (Å²) < 4.78 is 40.7. The lowest BCUT2D eigenvalue weighted by molar-refractivity contribution is -0.274. The van der Waals surface area contributed by atoms with E-state index < -0.39 is 12.3 Å². The predicted molar refractivity (Wildman–Crippen MR) is 99.5 cm³/mol. The van der Waals surface area contributed by atoms with Gasteiger partial charge in [0.2, 0.25) is 0 Å². The molecular weight excluding hydrogens is 385 g/mol. The van der Waals surface area contributed by atoms with Crippen LogP contribution in [0.1, 0.15) is 27.9 Å². The van der Waals surface area contributed by atoms with Gasteiger partial charge in [-0.3, -0.25) is 9.80 Å². The zero-order chi connectivity index (χ0) is 20.6. The summed E-state index contributed by atoms with van der Waals surface area (Å²) in [6, 6.07) is 13.9. The van der Waals surface area contributed by atoms with Crippen LogP contribution in [0.5, 0.6) is 5.75 Å². The van der Waals surface area contributed by atoms with E-state index in [0.29, 0.717) is 18.6 Å². The molecule has 0 unspecified atom stereocenters. The van der Waals surface area contributed by atoms with Crippen molar-refractivity contribution in [2.75, 3.05) is 13.1 Å². The Hall–Kier alpha value is -2.58. The molecule has 0 aromatic heterocycles. The first-order valence-corrected chi connectivity index (χ1v) is 9.42. The van der Waals surface area contributed by atoms with Crippen LogP contribution in [0.2, 0.25) is 0 Å². The summed E-state index contributed by atoms with van der Waals surface area (Å²) in [4.78, 5) is 15.7. The number of rotatable bonds is 6. The van der Waals surface area contributed by atoms with Gasteiger partial charge in [0.05, 0.1) is 5.56 Å². The number of carboxylic acids is 1. The summed E-state index contributed by atoms with van der Waals surface area (Å²) in [6.45, 7) is 3.34. The van der Waals surface area contributed by atoms with Crippen LogP contribution in [0.15, 0.2) is 48.5 Å². The minimum Gasteiger partial charge on any atom is -0.478 e. The zero-order valence-electron chi connectivity index (χ0n) is 15.6. The Morgan fingerprint density at radius 2 is 1.41 bits per heavy atom. The first kappa shape index (κ1) is 19.7. The number of halogens is 3. The third kappa shape index (κ3) is 4.71. The molecule has 2 saturated heterocycles. The van der Waals surface area contributed by atoms with Crippen molar-refractivity contribution in [1.29, 1.82) is 0 Å². The molecule has 2 aromatic carbocycles. The van der Waals surface area contributed by atoms with Gasteiger partial charge in [-0.1, -0.05) is 24.3 Å². The highest BCUT2D eigenvalue weighted by molar-refractivity contribution is 5.87. The molecule has 154 valence electrons. The Labute approximate surface area is 166 Å². The minimum absolute atomic E-state index is 0.204. The summed E-state index contributed by atoms with van der Waals surface area (Å²) in [5.41, 5.74) is 2.34. The van der Waals surface area contributed by atoms with Crippen LogP contribution in [0.4, 0.5) is 13.2 Å². The Balaban J connectivity index is 1.30. The maximum absolute atomic E-state index is 12.3. The first-order chi connectivity index (χ1) is 13.8. The number of hydrogen-bond donors (Lipinski definition) is 1. The number of piperazine rings is 1. The van der Waals surface area contributed by atoms with Gasteiger partial charge < -0.3 is 9.84 Å². The fourth-order valence-electron chi connectivity index (χ4n) is 4.24. The lowest BCUT2D eigenvalue weighted by Gasteiger charge is -2.34. The van der Waals surface area contributed by atoms with Crippen molar-refractivity contribution >= 4 is 5.97 Å². The normalized spacial score (nSPS) is 22.2. The maximum Gasteiger partial charge on any atom is 0.573 e. The Kier molecular flexibility index (Phi) is 5.23. The third-order valence-corrected chi connectivity index (χ3v) is 5.60. The van der Waals surface area contributed by atoms with Gasteiger partial charge in [-0.25, -0.2) is 4.79 Å². The number of aromatic carboxylic acids is 1. The number of carbonyl (C=O) groups is 1. The van der Waals surface area contributed by atoms with Gasteiger partial charge in [0.15, 0.2) is 0 Å². The van der Waals surface area contributed by atoms with Gasteiger partial charge in [-0.05, 0) is 41.8 Å². The van der Waals surface area contributed by atoms with Crippen molar-refractivity contribution in [1.82, 2.24) is 9.80 Å². The van der Waals surface area contributed by atoms with E-state index in [9.17, 15) is 18.0 Å². The van der Waals surface area contributed by atoms with Crippen molar-refractivity contribution in [3.8, 4) is 5.75 Å². The van der Waals surface area contributed by atoms with Crippen LogP contribution >= 0.6 is 0 Å². The number of likely N-dealkylation sites (tertiary alicyclic amines) is 2. The van der Waals surface area contributed by atoms with Gasteiger partial charge in [-0.15, -0.1) is 13.2 Å². The van der Waals surface area contributed by atoms with E-state index >= 15 is 0 Å². The second-order valence-electron chi connectivity index (χ2n) is 7.60. The van der Waals surface area contributed by atoms with Gasteiger partial charge in [0.1, 0.15) is 5.75 Å². The number of ether oxygens (including phenoxy) is 1. The highest BCUT2D eigenvalue weighted by Gasteiger charge is 2.42. The lowest BCUT2D eigenvalue weighted by atomic mass is 10.1. The van der Waals surface area contributed by atoms with Crippen LogP contribution in [0, 0.1) is 0 Å². The molecule has 2 bridgehead atoms.